The van der Waals surface area contributed by atoms with Gasteiger partial charge in [-0.25, -0.2) is 17.2 Å². The fraction of sp³-hybridized carbons (Fsp3) is 0.250. The third-order valence-electron chi connectivity index (χ3n) is 3.89. The van der Waals surface area contributed by atoms with Crippen LogP contribution in [0.15, 0.2) is 41.3 Å². The average molecular weight is 414 g/mol. The molecule has 0 amide bonds. The van der Waals surface area contributed by atoms with E-state index in [-0.39, 0.29) is 10.6 Å². The summed E-state index contributed by atoms with van der Waals surface area (Å²) in [6.45, 7) is 1.38. The van der Waals surface area contributed by atoms with Crippen molar-refractivity contribution < 1.29 is 30.4 Å². The maximum absolute atomic E-state index is 13.4. The van der Waals surface area contributed by atoms with E-state index in [0.717, 1.165) is 29.6 Å². The molecule has 2 aromatic carbocycles. The SMILES string of the molecule is CC(c1ccc(F)c(F)c1)N(C)S(=O)(=O)c1cc(C(F)(F)F)ccc1Cl. The van der Waals surface area contributed by atoms with Crippen LogP contribution in [0.25, 0.3) is 0 Å². The van der Waals surface area contributed by atoms with Gasteiger partial charge < -0.3 is 0 Å². The van der Waals surface area contributed by atoms with Crippen molar-refractivity contribution in [2.45, 2.75) is 24.0 Å². The molecule has 0 aliphatic heterocycles. The molecule has 0 spiro atoms. The smallest absolute Gasteiger partial charge is 0.207 e. The largest absolute Gasteiger partial charge is 0.416 e. The molecule has 0 radical (unpaired) electrons. The van der Waals surface area contributed by atoms with Gasteiger partial charge >= 0.3 is 6.18 Å². The first kappa shape index (κ1) is 20.6. The van der Waals surface area contributed by atoms with Crippen LogP contribution < -0.4 is 0 Å². The lowest BCUT2D eigenvalue weighted by Gasteiger charge is -2.25. The maximum atomic E-state index is 13.4. The quantitative estimate of drug-likeness (QED) is 0.660. The summed E-state index contributed by atoms with van der Waals surface area (Å²) in [5.74, 6) is -2.27. The topological polar surface area (TPSA) is 37.4 Å². The van der Waals surface area contributed by atoms with Crippen LogP contribution >= 0.6 is 11.6 Å². The van der Waals surface area contributed by atoms with Crippen LogP contribution in [0.2, 0.25) is 5.02 Å². The molecule has 3 nitrogen and oxygen atoms in total. The molecule has 0 saturated carbocycles. The van der Waals surface area contributed by atoms with E-state index in [0.29, 0.717) is 12.1 Å². The lowest BCUT2D eigenvalue weighted by atomic mass is 10.1. The number of alkyl halides is 3. The van der Waals surface area contributed by atoms with Gasteiger partial charge in [-0.15, -0.1) is 0 Å². The standard InChI is InChI=1S/C16H13ClF5NO2S/c1-9(10-3-6-13(18)14(19)7-10)23(2)26(24,25)15-8-11(16(20,21)22)4-5-12(15)17/h3-9H,1-2H3. The molecule has 0 saturated heterocycles. The zero-order valence-electron chi connectivity index (χ0n) is 13.5. The monoisotopic (exact) mass is 413 g/mol. The van der Waals surface area contributed by atoms with Crippen LogP contribution in [-0.2, 0) is 16.2 Å². The summed E-state index contributed by atoms with van der Waals surface area (Å²) in [4.78, 5) is -0.731. The molecule has 142 valence electrons. The van der Waals surface area contributed by atoms with Gasteiger partial charge in [0.05, 0.1) is 10.6 Å². The second-order valence-electron chi connectivity index (χ2n) is 5.51. The number of hydrogen-bond donors (Lipinski definition) is 0. The van der Waals surface area contributed by atoms with Crippen molar-refractivity contribution in [3.05, 3.63) is 64.2 Å². The summed E-state index contributed by atoms with van der Waals surface area (Å²) in [5.41, 5.74) is -1.05. The highest BCUT2D eigenvalue weighted by Crippen LogP contribution is 2.35. The molecule has 0 bridgehead atoms. The van der Waals surface area contributed by atoms with Gasteiger partial charge in [-0.1, -0.05) is 17.7 Å². The van der Waals surface area contributed by atoms with Crippen molar-refractivity contribution >= 4 is 21.6 Å². The fourth-order valence-corrected chi connectivity index (χ4v) is 4.07. The van der Waals surface area contributed by atoms with Crippen molar-refractivity contribution in [2.24, 2.45) is 0 Å². The zero-order chi connectivity index (χ0) is 19.9. The number of nitrogens with zero attached hydrogens (tertiary/aromatic N) is 1. The Labute approximate surface area is 152 Å². The summed E-state index contributed by atoms with van der Waals surface area (Å²) >= 11 is 5.79. The number of rotatable bonds is 4. The van der Waals surface area contributed by atoms with Crippen molar-refractivity contribution in [1.29, 1.82) is 0 Å². The van der Waals surface area contributed by atoms with E-state index >= 15 is 0 Å². The number of benzene rings is 2. The normalized spacial score (nSPS) is 13.9. The Morgan fingerprint density at radius 2 is 1.65 bits per heavy atom. The molecular formula is C16H13ClF5NO2S. The highest BCUT2D eigenvalue weighted by molar-refractivity contribution is 7.89. The van der Waals surface area contributed by atoms with Crippen LogP contribution in [0, 0.1) is 11.6 Å². The van der Waals surface area contributed by atoms with E-state index in [1.807, 2.05) is 0 Å². The molecule has 0 aliphatic rings. The van der Waals surface area contributed by atoms with Crippen LogP contribution in [0.4, 0.5) is 22.0 Å². The summed E-state index contributed by atoms with van der Waals surface area (Å²) in [5, 5.41) is -0.387. The van der Waals surface area contributed by atoms with Gasteiger partial charge in [0.2, 0.25) is 10.0 Å². The van der Waals surface area contributed by atoms with E-state index < -0.39 is 44.3 Å². The molecule has 2 aromatic rings. The van der Waals surface area contributed by atoms with Gasteiger partial charge in [-0.2, -0.15) is 17.5 Å². The molecule has 0 aromatic heterocycles. The first-order chi connectivity index (χ1) is 11.9. The first-order valence-electron chi connectivity index (χ1n) is 7.15. The molecule has 0 fully saturated rings. The lowest BCUT2D eigenvalue weighted by molar-refractivity contribution is -0.137. The molecule has 0 aliphatic carbocycles. The fourth-order valence-electron chi connectivity index (χ4n) is 2.22. The summed E-state index contributed by atoms with van der Waals surface area (Å²) < 4.78 is 91.2. The third-order valence-corrected chi connectivity index (χ3v) is 6.30. The molecule has 26 heavy (non-hydrogen) atoms. The van der Waals surface area contributed by atoms with E-state index in [1.54, 1.807) is 0 Å². The predicted molar refractivity (Wildman–Crippen MR) is 86.2 cm³/mol. The number of hydrogen-bond acceptors (Lipinski definition) is 2. The van der Waals surface area contributed by atoms with Crippen molar-refractivity contribution in [2.75, 3.05) is 7.05 Å². The third kappa shape index (κ3) is 3.99. The first-order valence-corrected chi connectivity index (χ1v) is 8.97. The second kappa shape index (κ2) is 7.13. The summed E-state index contributed by atoms with van der Waals surface area (Å²) in [6, 6.07) is 3.79. The Morgan fingerprint density at radius 3 is 2.19 bits per heavy atom. The predicted octanol–water partition coefficient (Wildman–Crippen LogP) is 5.02. The molecule has 0 N–H and O–H groups in total. The molecule has 1 unspecified atom stereocenters. The Morgan fingerprint density at radius 1 is 1.04 bits per heavy atom. The minimum absolute atomic E-state index is 0.123. The van der Waals surface area contributed by atoms with Crippen LogP contribution in [0.1, 0.15) is 24.1 Å². The minimum atomic E-state index is -4.75. The molecule has 1 atom stereocenters. The molecule has 0 heterocycles. The van der Waals surface area contributed by atoms with Crippen LogP contribution in [0.5, 0.6) is 0 Å². The van der Waals surface area contributed by atoms with Crippen LogP contribution in [-0.4, -0.2) is 19.8 Å². The Balaban J connectivity index is 2.47. The van der Waals surface area contributed by atoms with E-state index in [4.69, 9.17) is 11.6 Å². The summed E-state index contributed by atoms with van der Waals surface area (Å²) in [7, 11) is -3.33. The van der Waals surface area contributed by atoms with Crippen molar-refractivity contribution in [3.8, 4) is 0 Å². The highest BCUT2D eigenvalue weighted by atomic mass is 35.5. The molecular weight excluding hydrogens is 401 g/mol. The van der Waals surface area contributed by atoms with Gasteiger partial charge in [0.25, 0.3) is 0 Å². The van der Waals surface area contributed by atoms with E-state index in [9.17, 15) is 30.4 Å². The Bertz CT molecular complexity index is 931. The average Bonchev–Trinajstić information content (AvgIpc) is 2.55. The summed E-state index contributed by atoms with van der Waals surface area (Å²) in [6.07, 6.45) is -4.75. The van der Waals surface area contributed by atoms with Gasteiger partial charge in [0, 0.05) is 13.1 Å². The van der Waals surface area contributed by atoms with E-state index in [2.05, 4.69) is 0 Å². The van der Waals surface area contributed by atoms with Crippen molar-refractivity contribution in [1.82, 2.24) is 4.31 Å². The minimum Gasteiger partial charge on any atom is -0.207 e. The van der Waals surface area contributed by atoms with Gasteiger partial charge in [-0.3, -0.25) is 0 Å². The molecule has 2 rings (SSSR count). The number of sulfonamides is 1. The van der Waals surface area contributed by atoms with Gasteiger partial charge in [0.15, 0.2) is 11.6 Å². The van der Waals surface area contributed by atoms with E-state index in [1.165, 1.54) is 13.0 Å². The zero-order valence-corrected chi connectivity index (χ0v) is 15.1. The highest BCUT2D eigenvalue weighted by Gasteiger charge is 2.35. The Hall–Kier alpha value is -1.71. The van der Waals surface area contributed by atoms with Gasteiger partial charge in [-0.05, 0) is 42.8 Å². The van der Waals surface area contributed by atoms with Crippen LogP contribution in [0.3, 0.4) is 0 Å². The number of halogens is 6. The lowest BCUT2D eigenvalue weighted by Crippen LogP contribution is -2.30. The Kier molecular flexibility index (Phi) is 5.65. The maximum Gasteiger partial charge on any atom is 0.416 e. The second-order valence-corrected chi connectivity index (χ2v) is 7.89. The molecule has 10 heteroatoms. The van der Waals surface area contributed by atoms with Gasteiger partial charge in [0.1, 0.15) is 4.90 Å². The van der Waals surface area contributed by atoms with Crippen molar-refractivity contribution in [3.63, 3.8) is 0 Å².